The summed E-state index contributed by atoms with van der Waals surface area (Å²) in [5.41, 5.74) is 0. The Morgan fingerprint density at radius 3 is 2.00 bits per heavy atom. The standard InChI is InChI=1S/Li.HNO3/c;2-1-4-3/h;3H/q+1;/p-1. The van der Waals surface area contributed by atoms with Crippen molar-refractivity contribution < 1.29 is 29.1 Å². The van der Waals surface area contributed by atoms with Crippen LogP contribution in [0.3, 0.4) is 0 Å². The molecule has 0 fully saturated rings. The maximum absolute atomic E-state index is 8.39. The molecule has 5 heavy (non-hydrogen) atoms. The molecule has 0 aliphatic heterocycles. The van der Waals surface area contributed by atoms with Crippen molar-refractivity contribution in [1.29, 1.82) is 0 Å². The average Bonchev–Trinajstić information content (AvgIpc) is 1.37. The summed E-state index contributed by atoms with van der Waals surface area (Å²) >= 11 is 0. The Hall–Kier alpha value is -0.0426. The quantitative estimate of drug-likeness (QED) is 0.136. The largest absolute Gasteiger partial charge is 1.00 e. The van der Waals surface area contributed by atoms with Gasteiger partial charge in [0.25, 0.3) is 0 Å². The number of rotatable bonds is 1. The van der Waals surface area contributed by atoms with Gasteiger partial charge in [-0.05, 0) is 0 Å². The van der Waals surface area contributed by atoms with Gasteiger partial charge in [0.15, 0.2) is 0 Å². The van der Waals surface area contributed by atoms with Gasteiger partial charge in [0, 0.05) is 0 Å². The molecule has 0 aromatic carbocycles. The summed E-state index contributed by atoms with van der Waals surface area (Å²) in [4.78, 5) is 10.8. The Morgan fingerprint density at radius 2 is 2.00 bits per heavy atom. The first-order valence-corrected chi connectivity index (χ1v) is 0.532. The van der Waals surface area contributed by atoms with Gasteiger partial charge in [0.2, 0.25) is 0 Å². The predicted octanol–water partition coefficient (Wildman–Crippen LogP) is -4.04. The van der Waals surface area contributed by atoms with E-state index in [1.807, 2.05) is 0 Å². The average molecular weight is 68.9 g/mol. The van der Waals surface area contributed by atoms with Crippen molar-refractivity contribution in [2.45, 2.75) is 0 Å². The van der Waals surface area contributed by atoms with E-state index in [0.29, 0.717) is 0 Å². The molecule has 0 amide bonds. The minimum atomic E-state index is 0. The van der Waals surface area contributed by atoms with Crippen LogP contribution in [0.1, 0.15) is 0 Å². The molecule has 0 aliphatic rings. The van der Waals surface area contributed by atoms with Crippen LogP contribution in [0.5, 0.6) is 0 Å². The molecule has 0 atom stereocenters. The number of hydrogen-bond acceptors (Lipinski definition) is 4. The zero-order valence-electron chi connectivity index (χ0n) is 2.67. The summed E-state index contributed by atoms with van der Waals surface area (Å²) in [5.74, 6) is 0. The van der Waals surface area contributed by atoms with E-state index in [1.54, 1.807) is 0 Å². The zero-order chi connectivity index (χ0) is 3.41. The Bertz CT molecular complexity index is 20.9. The maximum atomic E-state index is 8.39. The fourth-order valence-corrected chi connectivity index (χ4v) is 0. The van der Waals surface area contributed by atoms with Crippen LogP contribution in [0, 0.1) is 4.91 Å². The van der Waals surface area contributed by atoms with Gasteiger partial charge in [-0.25, -0.2) is 0 Å². The number of hydrogen-bond donors (Lipinski definition) is 0. The Morgan fingerprint density at radius 1 is 1.80 bits per heavy atom. The van der Waals surface area contributed by atoms with Gasteiger partial charge in [-0.15, -0.1) is 4.91 Å². The minimum Gasteiger partial charge on any atom is -0.635 e. The molecule has 0 spiro atoms. The van der Waals surface area contributed by atoms with E-state index in [1.165, 1.54) is 5.34 Å². The molecule has 4 nitrogen and oxygen atoms in total. The van der Waals surface area contributed by atoms with E-state index in [-0.39, 0.29) is 18.9 Å². The van der Waals surface area contributed by atoms with Gasteiger partial charge in [0.1, 0.15) is 5.34 Å². The molecule has 0 saturated carbocycles. The van der Waals surface area contributed by atoms with Crippen LogP contribution in [-0.2, 0) is 4.99 Å². The molecule has 0 bridgehead atoms. The van der Waals surface area contributed by atoms with Crippen LogP contribution in [0.15, 0.2) is 5.34 Å². The topological polar surface area (TPSA) is 61.7 Å². The molecule has 0 unspecified atom stereocenters. The number of nitrogens with zero attached hydrogens (tertiary/aromatic N) is 1. The van der Waals surface area contributed by atoms with Crippen LogP contribution < -0.4 is 24.1 Å². The van der Waals surface area contributed by atoms with E-state index in [0.717, 1.165) is 0 Å². The van der Waals surface area contributed by atoms with Crippen molar-refractivity contribution in [3.8, 4) is 0 Å². The van der Waals surface area contributed by atoms with Crippen molar-refractivity contribution in [2.24, 2.45) is 5.34 Å². The molecular weight excluding hydrogens is 68.9 g/mol. The third kappa shape index (κ3) is 16.5. The van der Waals surface area contributed by atoms with E-state index < -0.39 is 0 Å². The Balaban J connectivity index is 0. The Labute approximate surface area is 40.2 Å². The first-order valence-electron chi connectivity index (χ1n) is 0.532. The summed E-state index contributed by atoms with van der Waals surface area (Å²) in [6.07, 6.45) is 0. The second kappa shape index (κ2) is 9.03. The molecule has 5 heteroatoms. The molecule has 0 aromatic heterocycles. The third-order valence-electron chi connectivity index (χ3n) is 0.0304. The van der Waals surface area contributed by atoms with Crippen LogP contribution in [-0.4, -0.2) is 0 Å². The first-order chi connectivity index (χ1) is 1.91. The molecule has 0 aromatic rings. The van der Waals surface area contributed by atoms with Crippen LogP contribution in [0.25, 0.3) is 0 Å². The molecule has 0 radical (unpaired) electrons. The molecule has 0 saturated heterocycles. The van der Waals surface area contributed by atoms with E-state index in [9.17, 15) is 0 Å². The van der Waals surface area contributed by atoms with E-state index >= 15 is 0 Å². The van der Waals surface area contributed by atoms with Crippen LogP contribution >= 0.6 is 0 Å². The SMILES string of the molecule is O=NO[O-].[Li+]. The van der Waals surface area contributed by atoms with Gasteiger partial charge < -0.3 is 10.2 Å². The van der Waals surface area contributed by atoms with Gasteiger partial charge in [-0.3, -0.25) is 0 Å². The van der Waals surface area contributed by atoms with E-state index in [2.05, 4.69) is 4.99 Å². The monoisotopic (exact) mass is 69.0 g/mol. The van der Waals surface area contributed by atoms with Gasteiger partial charge in [-0.2, -0.15) is 0 Å². The summed E-state index contributed by atoms with van der Waals surface area (Å²) < 4.78 is 0. The molecule has 0 rings (SSSR count). The molecule has 0 heterocycles. The molecular formula is LiNO3. The Kier molecular flexibility index (Phi) is 16.0. The second-order valence-electron chi connectivity index (χ2n) is 0.149. The summed E-state index contributed by atoms with van der Waals surface area (Å²) in [6.45, 7) is 0. The zero-order valence-corrected chi connectivity index (χ0v) is 2.67. The predicted molar refractivity (Wildman–Crippen MR) is 6.88 cm³/mol. The summed E-state index contributed by atoms with van der Waals surface area (Å²) in [7, 11) is 0. The fourth-order valence-electron chi connectivity index (χ4n) is 0. The summed E-state index contributed by atoms with van der Waals surface area (Å²) in [6, 6.07) is 0. The molecule has 24 valence electrons. The smallest absolute Gasteiger partial charge is 0.635 e. The second-order valence-corrected chi connectivity index (χ2v) is 0.149. The van der Waals surface area contributed by atoms with Crippen LogP contribution in [0.2, 0.25) is 0 Å². The van der Waals surface area contributed by atoms with E-state index in [4.69, 9.17) is 10.2 Å². The van der Waals surface area contributed by atoms with Gasteiger partial charge in [-0.1, -0.05) is 0 Å². The first kappa shape index (κ1) is 8.88. The molecule has 0 aliphatic carbocycles. The van der Waals surface area contributed by atoms with Gasteiger partial charge in [0.05, 0.1) is 0 Å². The minimum absolute atomic E-state index is 0. The van der Waals surface area contributed by atoms with Crippen molar-refractivity contribution >= 4 is 0 Å². The van der Waals surface area contributed by atoms with Crippen molar-refractivity contribution in [3.63, 3.8) is 0 Å². The summed E-state index contributed by atoms with van der Waals surface area (Å²) in [5, 5.41) is 9.75. The fraction of sp³-hybridized carbons (Fsp3) is 0. The van der Waals surface area contributed by atoms with Crippen molar-refractivity contribution in [1.82, 2.24) is 0 Å². The van der Waals surface area contributed by atoms with Crippen molar-refractivity contribution in [3.05, 3.63) is 4.91 Å². The van der Waals surface area contributed by atoms with Crippen LogP contribution in [0.4, 0.5) is 0 Å². The third-order valence-corrected chi connectivity index (χ3v) is 0.0304. The maximum Gasteiger partial charge on any atom is 1.00 e. The normalized spacial score (nSPS) is 4.20. The molecule has 0 N–H and O–H groups in total. The van der Waals surface area contributed by atoms with Gasteiger partial charge >= 0.3 is 18.9 Å². The van der Waals surface area contributed by atoms with Crippen molar-refractivity contribution in [2.75, 3.05) is 0 Å².